The Labute approximate surface area is 340 Å². The third kappa shape index (κ3) is 7.38. The second kappa shape index (κ2) is 15.7. The van der Waals surface area contributed by atoms with Crippen LogP contribution in [-0.4, -0.2) is 83.3 Å². The van der Waals surface area contributed by atoms with E-state index >= 15 is 0 Å². The quantitative estimate of drug-likeness (QED) is 0.181. The van der Waals surface area contributed by atoms with Gasteiger partial charge >= 0.3 is 12.1 Å². The Morgan fingerprint density at radius 2 is 1.72 bits per heavy atom. The smallest absolute Gasteiger partial charge is 0.393 e. The lowest BCUT2D eigenvalue weighted by Crippen LogP contribution is -2.55. The summed E-state index contributed by atoms with van der Waals surface area (Å²) in [5.74, 6) is -0.701. The van der Waals surface area contributed by atoms with Crippen molar-refractivity contribution in [3.63, 3.8) is 0 Å². The molecule has 2 aromatic rings. The summed E-state index contributed by atoms with van der Waals surface area (Å²) >= 11 is 0. The van der Waals surface area contributed by atoms with Crippen molar-refractivity contribution in [2.75, 3.05) is 19.6 Å². The number of amides is 2. The lowest BCUT2D eigenvalue weighted by molar-refractivity contribution is -0.174. The minimum absolute atomic E-state index is 0.0337. The number of benzene rings is 2. The normalized spacial score (nSPS) is 35.0. The summed E-state index contributed by atoms with van der Waals surface area (Å²) in [6.07, 6.45) is 4.91. The van der Waals surface area contributed by atoms with Crippen molar-refractivity contribution in [1.82, 2.24) is 15.5 Å². The number of nitrogens with one attached hydrogen (secondary N) is 2. The molecule has 312 valence electrons. The number of fused-ring (bicyclic) bond motifs is 6. The van der Waals surface area contributed by atoms with Crippen molar-refractivity contribution in [1.29, 1.82) is 0 Å². The Kier molecular flexibility index (Phi) is 11.1. The molecule has 2 saturated heterocycles. The van der Waals surface area contributed by atoms with Gasteiger partial charge in [0.25, 0.3) is 0 Å². The Morgan fingerprint density at radius 3 is 2.45 bits per heavy atom. The average molecular weight is 802 g/mol. The van der Waals surface area contributed by atoms with Crippen LogP contribution in [0.25, 0.3) is 0 Å². The number of halogens is 3. The van der Waals surface area contributed by atoms with Crippen molar-refractivity contribution in [2.24, 2.45) is 35.0 Å². The number of carbonyl (C=O) groups excluding carboxylic acids is 3. The first kappa shape index (κ1) is 41.0. The number of ketones is 1. The molecule has 4 fully saturated rings. The molecule has 4 aliphatic carbocycles. The maximum absolute atomic E-state index is 13.6. The van der Waals surface area contributed by atoms with Gasteiger partial charge in [-0.1, -0.05) is 92.6 Å². The maximum atomic E-state index is 13.6. The van der Waals surface area contributed by atoms with Crippen LogP contribution in [-0.2, 0) is 20.7 Å². The van der Waals surface area contributed by atoms with Crippen molar-refractivity contribution >= 4 is 17.6 Å². The molecule has 0 radical (unpaired) electrons. The van der Waals surface area contributed by atoms with Crippen LogP contribution in [0.5, 0.6) is 0 Å². The summed E-state index contributed by atoms with van der Waals surface area (Å²) in [4.78, 5) is 41.0. The van der Waals surface area contributed by atoms with E-state index < -0.39 is 24.0 Å². The number of aliphatic hydroxyl groups is 1. The summed E-state index contributed by atoms with van der Waals surface area (Å²) in [6, 6.07) is 13.8. The molecule has 1 spiro atoms. The number of hydrogen-bond donors (Lipinski definition) is 3. The summed E-state index contributed by atoms with van der Waals surface area (Å²) in [5.41, 5.74) is 5.70. The predicted molar refractivity (Wildman–Crippen MR) is 215 cm³/mol. The zero-order chi connectivity index (χ0) is 41.1. The topological polar surface area (TPSA) is 108 Å². The number of carbonyl (C=O) groups is 3. The van der Waals surface area contributed by atoms with Crippen molar-refractivity contribution in [3.05, 3.63) is 94.1 Å². The van der Waals surface area contributed by atoms with Crippen LogP contribution in [0.2, 0.25) is 0 Å². The fourth-order valence-corrected chi connectivity index (χ4v) is 12.4. The molecule has 8 nitrogen and oxygen atoms in total. The molecular formula is C47H58F3N3O5. The van der Waals surface area contributed by atoms with Crippen LogP contribution >= 0.6 is 0 Å². The first-order chi connectivity index (χ1) is 27.6. The van der Waals surface area contributed by atoms with Gasteiger partial charge in [0.05, 0.1) is 17.8 Å². The van der Waals surface area contributed by atoms with E-state index in [-0.39, 0.29) is 53.9 Å². The molecule has 8 rings (SSSR count). The highest BCUT2D eigenvalue weighted by atomic mass is 19.4. The number of piperidine rings is 1. The molecule has 3 N–H and O–H groups in total. The molecule has 2 aromatic carbocycles. The zero-order valence-electron chi connectivity index (χ0n) is 34.1. The summed E-state index contributed by atoms with van der Waals surface area (Å²) in [5, 5.41) is 15.2. The van der Waals surface area contributed by atoms with Gasteiger partial charge < -0.3 is 20.5 Å². The predicted octanol–water partition coefficient (Wildman–Crippen LogP) is 7.35. The van der Waals surface area contributed by atoms with Crippen LogP contribution in [0.1, 0.15) is 101 Å². The van der Waals surface area contributed by atoms with Crippen molar-refractivity contribution < 1.29 is 37.4 Å². The summed E-state index contributed by atoms with van der Waals surface area (Å²) in [7, 11) is 0. The summed E-state index contributed by atoms with van der Waals surface area (Å²) in [6.45, 7) is 10.8. The maximum Gasteiger partial charge on any atom is 0.471 e. The fraction of sp³-hybridized carbons (Fsp3) is 0.596. The van der Waals surface area contributed by atoms with Gasteiger partial charge in [0.1, 0.15) is 6.04 Å². The average Bonchev–Trinajstić information content (AvgIpc) is 3.72. The number of alkyl halides is 3. The SMILES string of the molecule is CC1=C2C[C@H]3[C@@H](CC=C4C[C@@H](O)CC[C@@]43C)[C@@H]2CCC12O[C@@H]1C[C@H](C)CN(CCNC(=O)[C@H](Cc3ccc(C(=O)c4ccccc4)cc3)NC(=O)C(F)(F)F)[C@H]1[C@H]2C. The standard InChI is InChI=1S/C47H58F3N3O5/c1-27-22-40-41(29(3)46(58-40)19-17-35-36-15-14-33-24-34(54)16-18-45(33,4)38(36)25-37(35)28(46)2)53(26-27)21-20-51-43(56)39(52-44(57)47(48,49)50)23-30-10-12-32(13-11-30)42(55)31-8-6-5-7-9-31/h5-14,27,29,34-36,38-41,54H,15-26H2,1-4H3,(H,51,56)(H,52,57)/t27-,29+,34-,35-,36-,38-,39-,40+,41-,45-,46?/m0/s1. The first-order valence-electron chi connectivity index (χ1n) is 21.4. The van der Waals surface area contributed by atoms with Crippen LogP contribution in [0.15, 0.2) is 77.4 Å². The molecule has 2 amide bonds. The summed E-state index contributed by atoms with van der Waals surface area (Å²) < 4.78 is 47.5. The Balaban J connectivity index is 0.944. The van der Waals surface area contributed by atoms with E-state index in [1.807, 2.05) is 11.4 Å². The first-order valence-corrected chi connectivity index (χ1v) is 21.4. The lowest BCUT2D eigenvalue weighted by atomic mass is 9.56. The van der Waals surface area contributed by atoms with Crippen LogP contribution in [0.4, 0.5) is 13.2 Å². The van der Waals surface area contributed by atoms with Gasteiger partial charge in [-0.3, -0.25) is 19.3 Å². The highest BCUT2D eigenvalue weighted by Crippen LogP contribution is 2.65. The second-order valence-electron chi connectivity index (χ2n) is 18.6. The van der Waals surface area contributed by atoms with Crippen LogP contribution in [0, 0.1) is 35.0 Å². The number of aliphatic hydroxyl groups excluding tert-OH is 1. The largest absolute Gasteiger partial charge is 0.471 e. The van der Waals surface area contributed by atoms with Crippen molar-refractivity contribution in [2.45, 2.75) is 122 Å². The third-order valence-electron chi connectivity index (χ3n) is 15.4. The van der Waals surface area contributed by atoms with E-state index in [1.165, 1.54) is 11.1 Å². The van der Waals surface area contributed by atoms with Gasteiger partial charge in [0.15, 0.2) is 5.78 Å². The Bertz CT molecular complexity index is 1960. The van der Waals surface area contributed by atoms with E-state index in [4.69, 9.17) is 4.74 Å². The van der Waals surface area contributed by atoms with E-state index in [2.05, 4.69) is 44.0 Å². The van der Waals surface area contributed by atoms with Crippen LogP contribution in [0.3, 0.4) is 0 Å². The molecule has 11 atom stereocenters. The van der Waals surface area contributed by atoms with E-state index in [0.29, 0.717) is 46.9 Å². The zero-order valence-corrected chi connectivity index (χ0v) is 34.1. The number of hydrogen-bond acceptors (Lipinski definition) is 6. The molecule has 2 heterocycles. The molecule has 2 saturated carbocycles. The molecule has 6 aliphatic rings. The number of nitrogens with zero attached hydrogens (tertiary/aromatic N) is 1. The van der Waals surface area contributed by atoms with Gasteiger partial charge in [-0.2, -0.15) is 13.2 Å². The molecule has 0 aromatic heterocycles. The Hall–Kier alpha value is -3.80. The minimum atomic E-state index is -5.15. The molecule has 1 unspecified atom stereocenters. The van der Waals surface area contributed by atoms with Crippen molar-refractivity contribution in [3.8, 4) is 0 Å². The van der Waals surface area contributed by atoms with E-state index in [1.54, 1.807) is 54.1 Å². The number of likely N-dealkylation sites (tertiary alicyclic amines) is 1. The lowest BCUT2D eigenvalue weighted by Gasteiger charge is -2.49. The van der Waals surface area contributed by atoms with Gasteiger partial charge in [-0.05, 0) is 98.5 Å². The third-order valence-corrected chi connectivity index (χ3v) is 15.4. The minimum Gasteiger partial charge on any atom is -0.393 e. The van der Waals surface area contributed by atoms with Gasteiger partial charge in [0, 0.05) is 49.1 Å². The number of allylic oxidation sites excluding steroid dienone is 2. The highest BCUT2D eigenvalue weighted by Gasteiger charge is 2.61. The molecular weight excluding hydrogens is 744 g/mol. The monoisotopic (exact) mass is 801 g/mol. The molecule has 11 heteroatoms. The van der Waals surface area contributed by atoms with Gasteiger partial charge in [-0.25, -0.2) is 0 Å². The molecule has 2 aliphatic heterocycles. The fourth-order valence-electron chi connectivity index (χ4n) is 12.4. The second-order valence-corrected chi connectivity index (χ2v) is 18.6. The van der Waals surface area contributed by atoms with Gasteiger partial charge in [-0.15, -0.1) is 0 Å². The van der Waals surface area contributed by atoms with Crippen LogP contribution < -0.4 is 10.6 Å². The van der Waals surface area contributed by atoms with E-state index in [9.17, 15) is 32.7 Å². The van der Waals surface area contributed by atoms with E-state index in [0.717, 1.165) is 57.9 Å². The van der Waals surface area contributed by atoms with Gasteiger partial charge in [0.2, 0.25) is 5.91 Å². The number of ether oxygens (including phenoxy) is 1. The Morgan fingerprint density at radius 1 is 1.00 bits per heavy atom. The molecule has 0 bridgehead atoms. The molecule has 58 heavy (non-hydrogen) atoms. The highest BCUT2D eigenvalue weighted by molar-refractivity contribution is 6.09. The number of rotatable bonds is 9.